The summed E-state index contributed by atoms with van der Waals surface area (Å²) in [7, 11) is 0. The van der Waals surface area contributed by atoms with Gasteiger partial charge in [0.15, 0.2) is 5.96 Å². The number of ether oxygens (including phenoxy) is 1. The zero-order valence-electron chi connectivity index (χ0n) is 13.5. The number of rotatable bonds is 9. The molecule has 1 saturated heterocycles. The minimum Gasteiger partial charge on any atom is -0.387 e. The summed E-state index contributed by atoms with van der Waals surface area (Å²) in [6.07, 6.45) is 4.51. The molecule has 1 heterocycles. The normalized spacial score (nSPS) is 24.9. The Morgan fingerprint density at radius 3 is 2.86 bits per heavy atom. The number of nitrogens with zero attached hydrogens (tertiary/aromatic N) is 1. The van der Waals surface area contributed by atoms with Gasteiger partial charge in [0, 0.05) is 32.1 Å². The fourth-order valence-electron chi connectivity index (χ4n) is 2.20. The summed E-state index contributed by atoms with van der Waals surface area (Å²) in [5.41, 5.74) is -0.611. The Morgan fingerprint density at radius 2 is 2.23 bits per heavy atom. The van der Waals surface area contributed by atoms with Crippen molar-refractivity contribution in [3.63, 3.8) is 0 Å². The maximum atomic E-state index is 10.3. The highest BCUT2D eigenvalue weighted by Gasteiger charge is 2.31. The summed E-state index contributed by atoms with van der Waals surface area (Å²) < 4.78 is 5.61. The Labute approximate surface area is 155 Å². The van der Waals surface area contributed by atoms with Gasteiger partial charge in [0.05, 0.1) is 12.1 Å². The highest BCUT2D eigenvalue weighted by molar-refractivity contribution is 14.0. The van der Waals surface area contributed by atoms with E-state index in [0.29, 0.717) is 6.54 Å². The predicted octanol–water partition coefficient (Wildman–Crippen LogP) is 1.84. The average Bonchev–Trinajstić information content (AvgIpc) is 3.20. The van der Waals surface area contributed by atoms with E-state index in [4.69, 9.17) is 4.74 Å². The van der Waals surface area contributed by atoms with E-state index < -0.39 is 5.60 Å². The smallest absolute Gasteiger partial charge is 0.191 e. The molecule has 3 N–H and O–H groups in total. The van der Waals surface area contributed by atoms with Crippen LogP contribution < -0.4 is 10.6 Å². The molecule has 130 valence electrons. The van der Waals surface area contributed by atoms with E-state index in [1.807, 2.05) is 0 Å². The molecule has 1 saturated carbocycles. The van der Waals surface area contributed by atoms with Gasteiger partial charge in [-0.15, -0.1) is 24.0 Å². The molecule has 1 aliphatic heterocycles. The number of hydrogen-bond donors (Lipinski definition) is 3. The Kier molecular flexibility index (Phi) is 10.1. The van der Waals surface area contributed by atoms with Gasteiger partial charge in [0.1, 0.15) is 0 Å². The summed E-state index contributed by atoms with van der Waals surface area (Å²) in [5, 5.41) is 16.8. The molecule has 1 aliphatic carbocycles. The van der Waals surface area contributed by atoms with E-state index in [-0.39, 0.29) is 24.0 Å². The van der Waals surface area contributed by atoms with Crippen molar-refractivity contribution < 1.29 is 9.84 Å². The molecule has 7 heteroatoms. The van der Waals surface area contributed by atoms with Crippen molar-refractivity contribution in [3.8, 4) is 0 Å². The molecular formula is C15H30IN3O2S. The third-order valence-electron chi connectivity index (χ3n) is 3.77. The highest BCUT2D eigenvalue weighted by atomic mass is 127. The van der Waals surface area contributed by atoms with Crippen molar-refractivity contribution in [2.24, 2.45) is 10.9 Å². The van der Waals surface area contributed by atoms with Gasteiger partial charge in [0.25, 0.3) is 0 Å². The van der Waals surface area contributed by atoms with Crippen LogP contribution in [0.1, 0.15) is 32.6 Å². The topological polar surface area (TPSA) is 65.9 Å². The molecule has 1 unspecified atom stereocenters. The van der Waals surface area contributed by atoms with Gasteiger partial charge in [-0.2, -0.15) is 11.8 Å². The highest BCUT2D eigenvalue weighted by Crippen LogP contribution is 2.29. The van der Waals surface area contributed by atoms with Gasteiger partial charge in [-0.3, -0.25) is 4.99 Å². The lowest BCUT2D eigenvalue weighted by Crippen LogP contribution is -2.40. The van der Waals surface area contributed by atoms with Crippen molar-refractivity contribution in [1.29, 1.82) is 0 Å². The molecule has 2 aliphatic rings. The first-order valence-corrected chi connectivity index (χ1v) is 9.27. The maximum Gasteiger partial charge on any atom is 0.191 e. The number of halogens is 1. The first-order chi connectivity index (χ1) is 10.2. The second-order valence-electron chi connectivity index (χ2n) is 6.02. The first-order valence-electron chi connectivity index (χ1n) is 8.12. The van der Waals surface area contributed by atoms with Crippen LogP contribution in [0.2, 0.25) is 0 Å². The predicted molar refractivity (Wildman–Crippen MR) is 104 cm³/mol. The standard InChI is InChI=1S/C15H29N3O2S.HI/c1-2-16-14(18-11-15(19)6-9-21-12-15)17-7-3-8-20-10-13-4-5-13;/h13,19H,2-12H2,1H3,(H2,16,17,18);1H. The molecular weight excluding hydrogens is 413 g/mol. The van der Waals surface area contributed by atoms with Crippen LogP contribution in [0.5, 0.6) is 0 Å². The van der Waals surface area contributed by atoms with Crippen LogP contribution in [-0.4, -0.2) is 61.0 Å². The molecule has 0 aromatic carbocycles. The maximum absolute atomic E-state index is 10.3. The second-order valence-corrected chi connectivity index (χ2v) is 7.13. The van der Waals surface area contributed by atoms with Gasteiger partial charge >= 0.3 is 0 Å². The molecule has 0 aromatic heterocycles. The molecule has 5 nitrogen and oxygen atoms in total. The van der Waals surface area contributed by atoms with Crippen LogP contribution in [0.4, 0.5) is 0 Å². The summed E-state index contributed by atoms with van der Waals surface area (Å²) in [6, 6.07) is 0. The van der Waals surface area contributed by atoms with E-state index in [1.165, 1.54) is 12.8 Å². The van der Waals surface area contributed by atoms with Gasteiger partial charge in [-0.1, -0.05) is 0 Å². The zero-order valence-corrected chi connectivity index (χ0v) is 16.6. The minimum atomic E-state index is -0.611. The molecule has 0 radical (unpaired) electrons. The molecule has 2 fully saturated rings. The molecule has 2 rings (SSSR count). The number of guanidine groups is 1. The van der Waals surface area contributed by atoms with Gasteiger partial charge in [0.2, 0.25) is 0 Å². The SMILES string of the molecule is CCNC(=NCC1(O)CCSC1)NCCCOCC1CC1.I. The van der Waals surface area contributed by atoms with Crippen LogP contribution in [0.25, 0.3) is 0 Å². The van der Waals surface area contributed by atoms with E-state index in [2.05, 4.69) is 22.5 Å². The molecule has 0 bridgehead atoms. The molecule has 22 heavy (non-hydrogen) atoms. The fraction of sp³-hybridized carbons (Fsp3) is 0.933. The largest absolute Gasteiger partial charge is 0.387 e. The number of nitrogens with one attached hydrogen (secondary N) is 2. The first kappa shape index (κ1) is 20.3. The average molecular weight is 443 g/mol. The van der Waals surface area contributed by atoms with E-state index in [1.54, 1.807) is 11.8 Å². The summed E-state index contributed by atoms with van der Waals surface area (Å²) in [6.45, 7) is 5.95. The monoisotopic (exact) mass is 443 g/mol. The lowest BCUT2D eigenvalue weighted by atomic mass is 10.1. The van der Waals surface area contributed by atoms with Crippen LogP contribution in [-0.2, 0) is 4.74 Å². The van der Waals surface area contributed by atoms with Crippen molar-refractivity contribution in [1.82, 2.24) is 10.6 Å². The third-order valence-corrected chi connectivity index (χ3v) is 5.00. The van der Waals surface area contributed by atoms with Crippen molar-refractivity contribution in [2.75, 3.05) is 44.4 Å². The Bertz CT molecular complexity index is 335. The molecule has 1 atom stereocenters. The van der Waals surface area contributed by atoms with E-state index in [9.17, 15) is 5.11 Å². The Hall–Kier alpha value is 0.270. The molecule has 0 spiro atoms. The van der Waals surface area contributed by atoms with Gasteiger partial charge in [-0.25, -0.2) is 0 Å². The minimum absolute atomic E-state index is 0. The molecule has 0 aromatic rings. The third kappa shape index (κ3) is 8.21. The fourth-order valence-corrected chi connectivity index (χ4v) is 3.49. The van der Waals surface area contributed by atoms with Crippen molar-refractivity contribution in [3.05, 3.63) is 0 Å². The van der Waals surface area contributed by atoms with E-state index in [0.717, 1.165) is 62.5 Å². The van der Waals surface area contributed by atoms with Crippen LogP contribution in [0.3, 0.4) is 0 Å². The number of thioether (sulfide) groups is 1. The summed E-state index contributed by atoms with van der Waals surface area (Å²) in [4.78, 5) is 4.51. The second kappa shape index (κ2) is 10.9. The van der Waals surface area contributed by atoms with Crippen LogP contribution in [0, 0.1) is 5.92 Å². The van der Waals surface area contributed by atoms with Crippen molar-refractivity contribution in [2.45, 2.75) is 38.2 Å². The Balaban J connectivity index is 0.00000242. The summed E-state index contributed by atoms with van der Waals surface area (Å²) in [5.74, 6) is 3.46. The number of aliphatic imine (C=N–C) groups is 1. The van der Waals surface area contributed by atoms with Crippen LogP contribution in [0.15, 0.2) is 4.99 Å². The zero-order chi connectivity index (χ0) is 15.0. The lowest BCUT2D eigenvalue weighted by Gasteiger charge is -2.19. The van der Waals surface area contributed by atoms with Gasteiger partial charge < -0.3 is 20.5 Å². The number of aliphatic hydroxyl groups is 1. The summed E-state index contributed by atoms with van der Waals surface area (Å²) >= 11 is 1.80. The molecule has 0 amide bonds. The van der Waals surface area contributed by atoms with Gasteiger partial charge in [-0.05, 0) is 44.3 Å². The van der Waals surface area contributed by atoms with Crippen molar-refractivity contribution >= 4 is 41.7 Å². The lowest BCUT2D eigenvalue weighted by molar-refractivity contribution is 0.0778. The van der Waals surface area contributed by atoms with E-state index >= 15 is 0 Å². The number of hydrogen-bond acceptors (Lipinski definition) is 4. The quantitative estimate of drug-likeness (QED) is 0.220. The Morgan fingerprint density at radius 1 is 1.41 bits per heavy atom. The van der Waals surface area contributed by atoms with Crippen LogP contribution >= 0.6 is 35.7 Å².